The Balaban J connectivity index is 1.54. The number of H-pyrrole nitrogens is 1. The molecule has 24 heavy (non-hydrogen) atoms. The maximum Gasteiger partial charge on any atom is 0.246 e. The van der Waals surface area contributed by atoms with Gasteiger partial charge in [-0.15, -0.1) is 0 Å². The van der Waals surface area contributed by atoms with Gasteiger partial charge in [-0.05, 0) is 18.2 Å². The first-order valence-corrected chi connectivity index (χ1v) is 7.75. The van der Waals surface area contributed by atoms with E-state index in [0.29, 0.717) is 19.0 Å². The van der Waals surface area contributed by atoms with Gasteiger partial charge in [-0.1, -0.05) is 12.1 Å². The van der Waals surface area contributed by atoms with Crippen LogP contribution in [-0.2, 0) is 4.79 Å². The van der Waals surface area contributed by atoms with Crippen LogP contribution in [0.3, 0.4) is 0 Å². The predicted molar refractivity (Wildman–Crippen MR) is 91.4 cm³/mol. The number of carbonyl (C=O) groups excluding carboxylic acids is 1. The van der Waals surface area contributed by atoms with Crippen molar-refractivity contribution in [1.29, 1.82) is 0 Å². The number of nitrogens with one attached hydrogen (secondary N) is 1. The molecule has 0 saturated carbocycles. The lowest BCUT2D eigenvalue weighted by atomic mass is 10.2. The summed E-state index contributed by atoms with van der Waals surface area (Å²) in [5.74, 6) is 1.26. The minimum atomic E-state index is 0.0231. The van der Waals surface area contributed by atoms with Crippen molar-refractivity contribution in [3.8, 4) is 5.88 Å². The summed E-state index contributed by atoms with van der Waals surface area (Å²) in [6, 6.07) is 11.4. The molecule has 1 saturated heterocycles. The maximum absolute atomic E-state index is 12.6. The van der Waals surface area contributed by atoms with Gasteiger partial charge in [-0.2, -0.15) is 0 Å². The molecule has 3 aromatic rings. The Morgan fingerprint density at radius 2 is 2.08 bits per heavy atom. The van der Waals surface area contributed by atoms with E-state index in [1.165, 1.54) is 0 Å². The van der Waals surface area contributed by atoms with Crippen molar-refractivity contribution < 1.29 is 9.53 Å². The molecule has 1 amide bonds. The third-order valence-electron chi connectivity index (χ3n) is 4.14. The van der Waals surface area contributed by atoms with E-state index in [-0.39, 0.29) is 12.5 Å². The predicted octanol–water partition coefficient (Wildman–Crippen LogP) is 1.82. The van der Waals surface area contributed by atoms with Crippen molar-refractivity contribution in [1.82, 2.24) is 15.0 Å². The number of piperazine rings is 1. The van der Waals surface area contributed by atoms with Crippen LogP contribution in [0.5, 0.6) is 5.88 Å². The van der Waals surface area contributed by atoms with E-state index in [4.69, 9.17) is 4.74 Å². The monoisotopic (exact) mass is 323 g/mol. The molecule has 7 nitrogen and oxygen atoms in total. The number of para-hydroxylation sites is 2. The molecule has 0 aliphatic carbocycles. The van der Waals surface area contributed by atoms with Crippen LogP contribution in [-0.4, -0.2) is 47.6 Å². The second-order valence-corrected chi connectivity index (χ2v) is 5.60. The zero-order chi connectivity index (χ0) is 16.5. The topological polar surface area (TPSA) is 74.3 Å². The number of imidazole rings is 1. The van der Waals surface area contributed by atoms with Crippen LogP contribution >= 0.6 is 0 Å². The van der Waals surface area contributed by atoms with E-state index in [2.05, 4.69) is 15.0 Å². The lowest BCUT2D eigenvalue weighted by Gasteiger charge is -2.34. The Morgan fingerprint density at radius 1 is 1.21 bits per heavy atom. The Kier molecular flexibility index (Phi) is 3.53. The molecule has 2 aromatic heterocycles. The van der Waals surface area contributed by atoms with Crippen LogP contribution in [0.15, 0.2) is 42.6 Å². The number of amides is 1. The van der Waals surface area contributed by atoms with E-state index < -0.39 is 0 Å². The molecule has 122 valence electrons. The molecule has 1 aromatic carbocycles. The van der Waals surface area contributed by atoms with Crippen LogP contribution < -0.4 is 14.5 Å². The van der Waals surface area contributed by atoms with Crippen LogP contribution in [0, 0.1) is 0 Å². The number of pyridine rings is 1. The smallest absolute Gasteiger partial charge is 0.246 e. The van der Waals surface area contributed by atoms with E-state index in [0.717, 1.165) is 22.7 Å². The first-order valence-electron chi connectivity index (χ1n) is 7.75. The molecule has 0 bridgehead atoms. The standard InChI is InChI=1S/C17H17N5O2/c1-24-15-10-12(6-7-18-15)22-9-8-21(11-16(22)23)17-19-13-4-2-3-5-14(13)20-17/h2-7,10H,8-9,11H2,1H3,(H,19,20). The van der Waals surface area contributed by atoms with Gasteiger partial charge in [-0.25, -0.2) is 9.97 Å². The largest absolute Gasteiger partial charge is 0.481 e. The number of fused-ring (bicyclic) bond motifs is 1. The fraction of sp³-hybridized carbons (Fsp3) is 0.235. The number of hydrogen-bond donors (Lipinski definition) is 1. The molecule has 1 aliphatic heterocycles. The van der Waals surface area contributed by atoms with E-state index in [1.54, 1.807) is 24.3 Å². The molecule has 7 heteroatoms. The molecular weight excluding hydrogens is 306 g/mol. The number of hydrogen-bond acceptors (Lipinski definition) is 5. The highest BCUT2D eigenvalue weighted by molar-refractivity contribution is 5.97. The van der Waals surface area contributed by atoms with Gasteiger partial charge >= 0.3 is 0 Å². The van der Waals surface area contributed by atoms with E-state index in [1.807, 2.05) is 35.2 Å². The second kappa shape index (κ2) is 5.84. The van der Waals surface area contributed by atoms with Crippen molar-refractivity contribution >= 4 is 28.6 Å². The highest BCUT2D eigenvalue weighted by Gasteiger charge is 2.27. The molecule has 0 radical (unpaired) electrons. The minimum Gasteiger partial charge on any atom is -0.481 e. The lowest BCUT2D eigenvalue weighted by Crippen LogP contribution is -2.51. The number of methoxy groups -OCH3 is 1. The summed E-state index contributed by atoms with van der Waals surface area (Å²) in [4.78, 5) is 28.2. The Morgan fingerprint density at radius 3 is 2.88 bits per heavy atom. The van der Waals surface area contributed by atoms with Gasteiger partial charge in [0.25, 0.3) is 0 Å². The first-order chi connectivity index (χ1) is 11.7. The third-order valence-corrected chi connectivity index (χ3v) is 4.14. The van der Waals surface area contributed by atoms with Gasteiger partial charge in [0.15, 0.2) is 0 Å². The normalized spacial score (nSPS) is 15.1. The molecule has 3 heterocycles. The van der Waals surface area contributed by atoms with Gasteiger partial charge < -0.3 is 19.5 Å². The van der Waals surface area contributed by atoms with E-state index in [9.17, 15) is 4.79 Å². The Hall–Kier alpha value is -3.09. The number of rotatable bonds is 3. The quantitative estimate of drug-likeness (QED) is 0.796. The highest BCUT2D eigenvalue weighted by atomic mass is 16.5. The Bertz CT molecular complexity index is 858. The molecule has 0 spiro atoms. The summed E-state index contributed by atoms with van der Waals surface area (Å²) in [5.41, 5.74) is 2.68. The van der Waals surface area contributed by atoms with Crippen LogP contribution in [0.4, 0.5) is 11.6 Å². The molecule has 1 N–H and O–H groups in total. The Labute approximate surface area is 138 Å². The number of nitrogens with zero attached hydrogens (tertiary/aromatic N) is 4. The van der Waals surface area contributed by atoms with Crippen molar-refractivity contribution in [2.75, 3.05) is 36.5 Å². The van der Waals surface area contributed by atoms with Crippen molar-refractivity contribution in [2.45, 2.75) is 0 Å². The molecular formula is C17H17N5O2. The number of anilines is 2. The van der Waals surface area contributed by atoms with Gasteiger partial charge in [0.05, 0.1) is 23.8 Å². The summed E-state index contributed by atoms with van der Waals surface area (Å²) in [6.45, 7) is 1.57. The first kappa shape index (κ1) is 14.5. The van der Waals surface area contributed by atoms with Gasteiger partial charge in [0.1, 0.15) is 6.54 Å². The summed E-state index contributed by atoms with van der Waals surface area (Å²) < 4.78 is 5.13. The third kappa shape index (κ3) is 2.54. The molecule has 0 atom stereocenters. The average Bonchev–Trinajstić information content (AvgIpc) is 3.06. The van der Waals surface area contributed by atoms with E-state index >= 15 is 0 Å². The summed E-state index contributed by atoms with van der Waals surface area (Å²) in [5, 5.41) is 0. The summed E-state index contributed by atoms with van der Waals surface area (Å²) in [7, 11) is 1.56. The number of ether oxygens (including phenoxy) is 1. The second-order valence-electron chi connectivity index (χ2n) is 5.60. The van der Waals surface area contributed by atoms with Gasteiger partial charge in [-0.3, -0.25) is 4.79 Å². The SMILES string of the molecule is COc1cc(N2CCN(c3nc4ccccc4[nH]3)CC2=O)ccn1. The summed E-state index contributed by atoms with van der Waals surface area (Å²) >= 11 is 0. The zero-order valence-electron chi connectivity index (χ0n) is 13.3. The maximum atomic E-state index is 12.6. The molecule has 0 unspecified atom stereocenters. The number of benzene rings is 1. The van der Waals surface area contributed by atoms with Gasteiger partial charge in [0.2, 0.25) is 17.7 Å². The zero-order valence-corrected chi connectivity index (χ0v) is 13.3. The van der Waals surface area contributed by atoms with Crippen LogP contribution in [0.1, 0.15) is 0 Å². The van der Waals surface area contributed by atoms with Crippen LogP contribution in [0.25, 0.3) is 11.0 Å². The minimum absolute atomic E-state index is 0.0231. The fourth-order valence-electron chi connectivity index (χ4n) is 2.89. The highest BCUT2D eigenvalue weighted by Crippen LogP contribution is 2.23. The molecule has 1 aliphatic rings. The summed E-state index contributed by atoms with van der Waals surface area (Å²) in [6.07, 6.45) is 1.65. The molecule has 1 fully saturated rings. The number of aromatic amines is 1. The van der Waals surface area contributed by atoms with Crippen LogP contribution in [0.2, 0.25) is 0 Å². The number of aromatic nitrogens is 3. The fourth-order valence-corrected chi connectivity index (χ4v) is 2.89. The lowest BCUT2D eigenvalue weighted by molar-refractivity contribution is -0.117. The average molecular weight is 323 g/mol. The molecule has 4 rings (SSSR count). The van der Waals surface area contributed by atoms with Crippen molar-refractivity contribution in [2.24, 2.45) is 0 Å². The number of carbonyl (C=O) groups is 1. The van der Waals surface area contributed by atoms with Gasteiger partial charge in [0, 0.05) is 25.4 Å². The van der Waals surface area contributed by atoms with Crippen molar-refractivity contribution in [3.05, 3.63) is 42.6 Å². The van der Waals surface area contributed by atoms with Crippen molar-refractivity contribution in [3.63, 3.8) is 0 Å².